The summed E-state index contributed by atoms with van der Waals surface area (Å²) in [5.74, 6) is -0.452. The largest absolute Gasteiger partial charge is 0.487 e. The number of pyridine rings is 1. The van der Waals surface area contributed by atoms with Gasteiger partial charge in [0.05, 0.1) is 11.9 Å². The van der Waals surface area contributed by atoms with Crippen LogP contribution in [0.2, 0.25) is 0 Å². The number of aromatic nitrogens is 1. The lowest BCUT2D eigenvalue weighted by molar-refractivity contribution is 0.297. The molecule has 1 N–H and O–H groups in total. The maximum Gasteiger partial charge on any atom is 0.138 e. The third kappa shape index (κ3) is 3.72. The zero-order valence-electron chi connectivity index (χ0n) is 10.5. The topological polar surface area (TPSA) is 34.1 Å². The van der Waals surface area contributed by atoms with Crippen LogP contribution in [0.4, 0.5) is 8.78 Å². The van der Waals surface area contributed by atoms with E-state index < -0.39 is 11.6 Å². The first-order valence-electron chi connectivity index (χ1n) is 5.85. The van der Waals surface area contributed by atoms with E-state index in [-0.39, 0.29) is 12.2 Å². The Bertz CT molecular complexity index is 544. The normalized spacial score (nSPS) is 10.5. The first-order chi connectivity index (χ1) is 9.19. The Morgan fingerprint density at radius 2 is 2.05 bits per heavy atom. The van der Waals surface area contributed by atoms with Gasteiger partial charge in [-0.1, -0.05) is 0 Å². The molecule has 0 saturated carbocycles. The Labute approximate surface area is 110 Å². The summed E-state index contributed by atoms with van der Waals surface area (Å²) in [4.78, 5) is 4.17. The molecule has 1 aromatic carbocycles. The summed E-state index contributed by atoms with van der Waals surface area (Å²) < 4.78 is 31.7. The summed E-state index contributed by atoms with van der Waals surface area (Å²) in [7, 11) is 1.83. The number of halogens is 2. The molecule has 2 aromatic rings. The molecule has 5 heteroatoms. The minimum atomic E-state index is -0.485. The van der Waals surface area contributed by atoms with E-state index in [1.807, 2.05) is 13.1 Å². The van der Waals surface area contributed by atoms with Gasteiger partial charge in [-0.25, -0.2) is 8.78 Å². The molecule has 0 unspecified atom stereocenters. The van der Waals surface area contributed by atoms with Gasteiger partial charge in [-0.2, -0.15) is 0 Å². The molecule has 2 rings (SSSR count). The zero-order chi connectivity index (χ0) is 13.7. The highest BCUT2D eigenvalue weighted by Gasteiger charge is 2.05. The van der Waals surface area contributed by atoms with Gasteiger partial charge in [0, 0.05) is 12.1 Å². The van der Waals surface area contributed by atoms with Crippen molar-refractivity contribution in [3.05, 3.63) is 59.4 Å². The molecule has 0 aliphatic rings. The van der Waals surface area contributed by atoms with Crippen LogP contribution in [0.5, 0.6) is 5.75 Å². The molecule has 100 valence electrons. The lowest BCUT2D eigenvalue weighted by Gasteiger charge is -2.07. The molecule has 0 aliphatic carbocycles. The molecule has 0 bridgehead atoms. The fourth-order valence-corrected chi connectivity index (χ4v) is 1.60. The van der Waals surface area contributed by atoms with E-state index in [1.54, 1.807) is 12.3 Å². The number of hydrogen-bond donors (Lipinski definition) is 1. The Hall–Kier alpha value is -2.01. The summed E-state index contributed by atoms with van der Waals surface area (Å²) in [6.07, 6.45) is 1.56. The molecule has 1 heterocycles. The Morgan fingerprint density at radius 3 is 2.74 bits per heavy atom. The number of nitrogens with one attached hydrogen (secondary N) is 1. The Kier molecular flexibility index (Phi) is 4.41. The molecule has 0 amide bonds. The van der Waals surface area contributed by atoms with Gasteiger partial charge in [-0.05, 0) is 37.4 Å². The van der Waals surface area contributed by atoms with Crippen molar-refractivity contribution < 1.29 is 13.5 Å². The van der Waals surface area contributed by atoms with Crippen LogP contribution in [0.3, 0.4) is 0 Å². The maximum absolute atomic E-state index is 13.4. The smallest absolute Gasteiger partial charge is 0.138 e. The average molecular weight is 264 g/mol. The summed E-state index contributed by atoms with van der Waals surface area (Å²) >= 11 is 0. The van der Waals surface area contributed by atoms with Crippen molar-refractivity contribution in [1.29, 1.82) is 0 Å². The minimum Gasteiger partial charge on any atom is -0.487 e. The van der Waals surface area contributed by atoms with Gasteiger partial charge in [0.15, 0.2) is 0 Å². The average Bonchev–Trinajstić information content (AvgIpc) is 2.42. The van der Waals surface area contributed by atoms with Crippen molar-refractivity contribution in [3.8, 4) is 5.75 Å². The summed E-state index contributed by atoms with van der Waals surface area (Å²) in [5, 5.41) is 2.98. The first kappa shape index (κ1) is 13.4. The number of benzene rings is 1. The number of nitrogens with zero attached hydrogens (tertiary/aromatic N) is 1. The standard InChI is InChI=1S/C14H14F2N2O/c1-17-7-12-3-4-13(8-18-12)19-9-10-6-11(15)2-5-14(10)16/h2-6,8,17H,7,9H2,1H3. The van der Waals surface area contributed by atoms with Crippen molar-refractivity contribution in [1.82, 2.24) is 10.3 Å². The van der Waals surface area contributed by atoms with Crippen LogP contribution in [-0.4, -0.2) is 12.0 Å². The third-order valence-corrected chi connectivity index (χ3v) is 2.56. The summed E-state index contributed by atoms with van der Waals surface area (Å²) in [6.45, 7) is 0.634. The third-order valence-electron chi connectivity index (χ3n) is 2.56. The van der Waals surface area contributed by atoms with E-state index in [4.69, 9.17) is 4.74 Å². The molecule has 19 heavy (non-hydrogen) atoms. The van der Waals surface area contributed by atoms with Gasteiger partial charge in [-0.15, -0.1) is 0 Å². The lowest BCUT2D eigenvalue weighted by Crippen LogP contribution is -2.06. The van der Waals surface area contributed by atoms with Crippen molar-refractivity contribution in [2.24, 2.45) is 0 Å². The van der Waals surface area contributed by atoms with E-state index in [0.29, 0.717) is 12.3 Å². The first-order valence-corrected chi connectivity index (χ1v) is 5.85. The van der Waals surface area contributed by atoms with Crippen LogP contribution in [0.15, 0.2) is 36.5 Å². The second kappa shape index (κ2) is 6.24. The van der Waals surface area contributed by atoms with Crippen molar-refractivity contribution in [3.63, 3.8) is 0 Å². The molecule has 0 spiro atoms. The number of rotatable bonds is 5. The Morgan fingerprint density at radius 1 is 1.21 bits per heavy atom. The summed E-state index contributed by atoms with van der Waals surface area (Å²) in [5.41, 5.74) is 1.06. The molecule has 0 fully saturated rings. The van der Waals surface area contributed by atoms with Crippen LogP contribution in [0.1, 0.15) is 11.3 Å². The van der Waals surface area contributed by atoms with Gasteiger partial charge >= 0.3 is 0 Å². The van der Waals surface area contributed by atoms with E-state index in [1.165, 1.54) is 0 Å². The molecule has 3 nitrogen and oxygen atoms in total. The van der Waals surface area contributed by atoms with Crippen LogP contribution < -0.4 is 10.1 Å². The fraction of sp³-hybridized carbons (Fsp3) is 0.214. The molecule has 0 saturated heterocycles. The van der Waals surface area contributed by atoms with E-state index in [9.17, 15) is 8.78 Å². The van der Waals surface area contributed by atoms with Crippen LogP contribution in [-0.2, 0) is 13.2 Å². The van der Waals surface area contributed by atoms with E-state index >= 15 is 0 Å². The lowest BCUT2D eigenvalue weighted by atomic mass is 10.2. The highest BCUT2D eigenvalue weighted by molar-refractivity contribution is 5.22. The highest BCUT2D eigenvalue weighted by atomic mass is 19.1. The molecular weight excluding hydrogens is 250 g/mol. The van der Waals surface area contributed by atoms with Crippen LogP contribution >= 0.6 is 0 Å². The monoisotopic (exact) mass is 264 g/mol. The second-order valence-corrected chi connectivity index (χ2v) is 4.04. The Balaban J connectivity index is 2.00. The summed E-state index contributed by atoms with van der Waals surface area (Å²) in [6, 6.07) is 6.85. The fourth-order valence-electron chi connectivity index (χ4n) is 1.60. The van der Waals surface area contributed by atoms with Gasteiger partial charge in [0.1, 0.15) is 24.0 Å². The van der Waals surface area contributed by atoms with Crippen molar-refractivity contribution in [2.75, 3.05) is 7.05 Å². The predicted octanol–water partition coefficient (Wildman–Crippen LogP) is 2.66. The van der Waals surface area contributed by atoms with Crippen LogP contribution in [0.25, 0.3) is 0 Å². The van der Waals surface area contributed by atoms with Gasteiger partial charge in [-0.3, -0.25) is 4.98 Å². The molecule has 0 aliphatic heterocycles. The van der Waals surface area contributed by atoms with Crippen LogP contribution in [0, 0.1) is 11.6 Å². The number of ether oxygens (including phenoxy) is 1. The predicted molar refractivity (Wildman–Crippen MR) is 67.7 cm³/mol. The van der Waals surface area contributed by atoms with E-state index in [0.717, 1.165) is 23.9 Å². The quantitative estimate of drug-likeness (QED) is 0.901. The van der Waals surface area contributed by atoms with Crippen molar-refractivity contribution in [2.45, 2.75) is 13.2 Å². The zero-order valence-corrected chi connectivity index (χ0v) is 10.5. The molecular formula is C14H14F2N2O. The highest BCUT2D eigenvalue weighted by Crippen LogP contribution is 2.15. The SMILES string of the molecule is CNCc1ccc(OCc2cc(F)ccc2F)cn1. The maximum atomic E-state index is 13.4. The molecule has 0 radical (unpaired) electrons. The van der Waals surface area contributed by atoms with E-state index in [2.05, 4.69) is 10.3 Å². The molecule has 0 atom stereocenters. The van der Waals surface area contributed by atoms with Gasteiger partial charge in [0.25, 0.3) is 0 Å². The van der Waals surface area contributed by atoms with Gasteiger partial charge < -0.3 is 10.1 Å². The second-order valence-electron chi connectivity index (χ2n) is 4.04. The molecule has 1 aromatic heterocycles. The van der Waals surface area contributed by atoms with Gasteiger partial charge in [0.2, 0.25) is 0 Å². The minimum absolute atomic E-state index is 0.0311. The number of hydrogen-bond acceptors (Lipinski definition) is 3. The van der Waals surface area contributed by atoms with Crippen molar-refractivity contribution >= 4 is 0 Å².